The van der Waals surface area contributed by atoms with Crippen molar-refractivity contribution in [2.45, 2.75) is 37.9 Å². The van der Waals surface area contributed by atoms with Crippen LogP contribution in [0.1, 0.15) is 25.3 Å². The number of carbonyl (C=O) groups is 2. The normalized spacial score (nSPS) is 12.0. The Labute approximate surface area is 149 Å². The average molecular weight is 364 g/mol. The molecule has 1 heterocycles. The zero-order valence-corrected chi connectivity index (χ0v) is 15.0. The second kappa shape index (κ2) is 8.52. The molecule has 134 valence electrons. The number of rotatable bonds is 7. The minimum atomic E-state index is -0.894. The van der Waals surface area contributed by atoms with Crippen LogP contribution >= 0.6 is 11.8 Å². The summed E-state index contributed by atoms with van der Waals surface area (Å²) in [5, 5.41) is 9.51. The van der Waals surface area contributed by atoms with Gasteiger partial charge in [0.1, 0.15) is 5.75 Å². The largest absolute Gasteiger partial charge is 0.484 e. The van der Waals surface area contributed by atoms with E-state index in [1.54, 1.807) is 0 Å². The van der Waals surface area contributed by atoms with Gasteiger partial charge in [-0.15, -0.1) is 10.2 Å². The van der Waals surface area contributed by atoms with Crippen LogP contribution in [0.4, 0.5) is 4.79 Å². The van der Waals surface area contributed by atoms with E-state index >= 15 is 0 Å². The number of nitrogens with one attached hydrogen (secondary N) is 1. The van der Waals surface area contributed by atoms with E-state index in [1.165, 1.54) is 0 Å². The van der Waals surface area contributed by atoms with Gasteiger partial charge in [-0.1, -0.05) is 37.7 Å². The van der Waals surface area contributed by atoms with Crippen molar-refractivity contribution in [2.24, 2.45) is 11.7 Å². The molecule has 25 heavy (non-hydrogen) atoms. The van der Waals surface area contributed by atoms with Gasteiger partial charge in [0.2, 0.25) is 5.91 Å². The molecule has 1 aromatic carbocycles. The molecule has 9 heteroatoms. The highest BCUT2D eigenvalue weighted by atomic mass is 32.2. The Morgan fingerprint density at radius 1 is 1.36 bits per heavy atom. The summed E-state index contributed by atoms with van der Waals surface area (Å²) < 4.78 is 11.1. The minimum Gasteiger partial charge on any atom is -0.484 e. The van der Waals surface area contributed by atoms with Crippen LogP contribution in [-0.4, -0.2) is 27.4 Å². The second-order valence-electron chi connectivity index (χ2n) is 5.70. The number of thioether (sulfide) groups is 1. The third-order valence-corrected chi connectivity index (χ3v) is 4.52. The molecule has 0 saturated carbocycles. The summed E-state index contributed by atoms with van der Waals surface area (Å²) in [6.45, 7) is 5.78. The van der Waals surface area contributed by atoms with Crippen LogP contribution in [0.15, 0.2) is 33.9 Å². The summed E-state index contributed by atoms with van der Waals surface area (Å²) in [5.41, 5.74) is 6.07. The Hall–Kier alpha value is -2.55. The molecule has 2 rings (SSSR count). The van der Waals surface area contributed by atoms with Crippen LogP contribution in [0.5, 0.6) is 5.75 Å². The predicted molar refractivity (Wildman–Crippen MR) is 92.0 cm³/mol. The van der Waals surface area contributed by atoms with Crippen LogP contribution in [0.25, 0.3) is 0 Å². The van der Waals surface area contributed by atoms with E-state index in [-0.39, 0.29) is 17.7 Å². The van der Waals surface area contributed by atoms with Crippen LogP contribution in [-0.2, 0) is 11.4 Å². The molecule has 1 aromatic heterocycles. The maximum Gasteiger partial charge on any atom is 0.318 e. The first-order chi connectivity index (χ1) is 11.8. The van der Waals surface area contributed by atoms with Crippen molar-refractivity contribution < 1.29 is 18.7 Å². The SMILES string of the molecule is Cc1cccc(OCc2nnc(S[C@H](C(=O)NC(N)=O)C(C)C)o2)c1. The van der Waals surface area contributed by atoms with Gasteiger partial charge in [0.15, 0.2) is 6.61 Å². The number of hydrogen-bond donors (Lipinski definition) is 2. The van der Waals surface area contributed by atoms with Gasteiger partial charge in [0.05, 0.1) is 5.25 Å². The molecule has 3 N–H and O–H groups in total. The van der Waals surface area contributed by atoms with E-state index in [9.17, 15) is 9.59 Å². The van der Waals surface area contributed by atoms with Crippen LogP contribution in [0.3, 0.4) is 0 Å². The maximum atomic E-state index is 12.0. The van der Waals surface area contributed by atoms with Crippen molar-refractivity contribution in [3.05, 3.63) is 35.7 Å². The smallest absolute Gasteiger partial charge is 0.318 e. The molecule has 2 aromatic rings. The summed E-state index contributed by atoms with van der Waals surface area (Å²) in [7, 11) is 0. The first kappa shape index (κ1) is 18.8. The molecule has 0 bridgehead atoms. The van der Waals surface area contributed by atoms with Gasteiger partial charge in [-0.3, -0.25) is 10.1 Å². The van der Waals surface area contributed by atoms with Gasteiger partial charge in [-0.25, -0.2) is 4.79 Å². The highest BCUT2D eigenvalue weighted by molar-refractivity contribution is 8.00. The molecule has 0 spiro atoms. The van der Waals surface area contributed by atoms with E-state index in [0.717, 1.165) is 17.3 Å². The lowest BCUT2D eigenvalue weighted by atomic mass is 10.1. The average Bonchev–Trinajstić information content (AvgIpc) is 2.97. The van der Waals surface area contributed by atoms with Gasteiger partial charge >= 0.3 is 6.03 Å². The Kier molecular flexibility index (Phi) is 6.40. The van der Waals surface area contributed by atoms with Crippen LogP contribution in [0.2, 0.25) is 0 Å². The molecule has 3 amide bonds. The molecule has 0 aliphatic carbocycles. The third-order valence-electron chi connectivity index (χ3n) is 3.14. The molecular formula is C16H20N4O4S. The lowest BCUT2D eigenvalue weighted by molar-refractivity contribution is -0.120. The van der Waals surface area contributed by atoms with Crippen LogP contribution < -0.4 is 15.8 Å². The van der Waals surface area contributed by atoms with E-state index < -0.39 is 17.2 Å². The van der Waals surface area contributed by atoms with E-state index in [2.05, 4.69) is 15.5 Å². The second-order valence-corrected chi connectivity index (χ2v) is 6.80. The Morgan fingerprint density at radius 3 is 2.76 bits per heavy atom. The maximum absolute atomic E-state index is 12.0. The van der Waals surface area contributed by atoms with Crippen molar-refractivity contribution in [1.29, 1.82) is 0 Å². The molecule has 8 nitrogen and oxygen atoms in total. The number of benzene rings is 1. The predicted octanol–water partition coefficient (Wildman–Crippen LogP) is 2.27. The molecule has 0 radical (unpaired) electrons. The molecular weight excluding hydrogens is 344 g/mol. The highest BCUT2D eigenvalue weighted by Gasteiger charge is 2.27. The highest BCUT2D eigenvalue weighted by Crippen LogP contribution is 2.27. The number of carbonyl (C=O) groups excluding carboxylic acids is 2. The summed E-state index contributed by atoms with van der Waals surface area (Å²) in [6.07, 6.45) is 0. The first-order valence-electron chi connectivity index (χ1n) is 7.64. The number of hydrogen-bond acceptors (Lipinski definition) is 7. The number of imide groups is 1. The number of urea groups is 1. The molecule has 0 saturated heterocycles. The molecule has 0 aliphatic rings. The minimum absolute atomic E-state index is 0.0664. The topological polar surface area (TPSA) is 120 Å². The summed E-state index contributed by atoms with van der Waals surface area (Å²) >= 11 is 1.08. The molecule has 0 unspecified atom stereocenters. The Morgan fingerprint density at radius 2 is 2.12 bits per heavy atom. The zero-order chi connectivity index (χ0) is 18.4. The molecule has 0 aliphatic heterocycles. The van der Waals surface area contributed by atoms with Gasteiger partial charge in [-0.05, 0) is 30.5 Å². The first-order valence-corrected chi connectivity index (χ1v) is 8.52. The monoisotopic (exact) mass is 364 g/mol. The zero-order valence-electron chi connectivity index (χ0n) is 14.2. The van der Waals surface area contributed by atoms with Crippen LogP contribution in [0, 0.1) is 12.8 Å². The van der Waals surface area contributed by atoms with E-state index in [0.29, 0.717) is 11.6 Å². The van der Waals surface area contributed by atoms with E-state index in [1.807, 2.05) is 45.0 Å². The number of primary amides is 1. The Balaban J connectivity index is 1.97. The number of aromatic nitrogens is 2. The number of nitrogens with zero attached hydrogens (tertiary/aromatic N) is 2. The number of nitrogens with two attached hydrogens (primary N) is 1. The quantitative estimate of drug-likeness (QED) is 0.723. The van der Waals surface area contributed by atoms with Gasteiger partial charge in [-0.2, -0.15) is 0 Å². The van der Waals surface area contributed by atoms with Crippen molar-refractivity contribution in [3.8, 4) is 5.75 Å². The fourth-order valence-corrected chi connectivity index (χ4v) is 2.88. The molecule has 0 fully saturated rings. The lowest BCUT2D eigenvalue weighted by Gasteiger charge is -2.16. The standard InChI is InChI=1S/C16H20N4O4S/c1-9(2)13(14(21)18-15(17)22)25-16-20-19-12(24-16)8-23-11-6-4-5-10(3)7-11/h4-7,9,13H,8H2,1-3H3,(H3,17,18,21,22)/t13-/m0/s1. The summed E-state index contributed by atoms with van der Waals surface area (Å²) in [6, 6.07) is 6.70. The fraction of sp³-hybridized carbons (Fsp3) is 0.375. The summed E-state index contributed by atoms with van der Waals surface area (Å²) in [4.78, 5) is 22.9. The van der Waals surface area contributed by atoms with E-state index in [4.69, 9.17) is 14.9 Å². The number of aryl methyl sites for hydroxylation is 1. The van der Waals surface area contributed by atoms with Gasteiger partial charge in [0, 0.05) is 0 Å². The van der Waals surface area contributed by atoms with Crippen molar-refractivity contribution in [2.75, 3.05) is 0 Å². The molecule has 1 atom stereocenters. The number of ether oxygens (including phenoxy) is 1. The van der Waals surface area contributed by atoms with Crippen molar-refractivity contribution in [3.63, 3.8) is 0 Å². The fourth-order valence-electron chi connectivity index (χ4n) is 1.99. The van der Waals surface area contributed by atoms with Gasteiger partial charge in [0.25, 0.3) is 11.1 Å². The lowest BCUT2D eigenvalue weighted by Crippen LogP contribution is -2.42. The van der Waals surface area contributed by atoms with Crippen molar-refractivity contribution in [1.82, 2.24) is 15.5 Å². The third kappa shape index (κ3) is 5.79. The summed E-state index contributed by atoms with van der Waals surface area (Å²) in [5.74, 6) is 0.432. The van der Waals surface area contributed by atoms with Gasteiger partial charge < -0.3 is 14.9 Å². The Bertz CT molecular complexity index is 747. The van der Waals surface area contributed by atoms with Crippen molar-refractivity contribution >= 4 is 23.7 Å². The number of amides is 3.